The normalized spacial score (nSPS) is 14.3. The first-order valence-corrected chi connectivity index (χ1v) is 18.5. The highest BCUT2D eigenvalue weighted by atomic mass is 32.1. The molecule has 7 nitrogen and oxygen atoms in total. The highest BCUT2D eigenvalue weighted by molar-refractivity contribution is 7.09. The number of ether oxygens (including phenoxy) is 4. The number of benzene rings is 5. The third kappa shape index (κ3) is 11.5. The van der Waals surface area contributed by atoms with Crippen LogP contribution < -0.4 is 5.32 Å². The first-order valence-electron chi connectivity index (χ1n) is 17.7. The Bertz CT molecular complexity index is 1800. The van der Waals surface area contributed by atoms with Gasteiger partial charge in [0.25, 0.3) is 0 Å². The molecule has 0 aliphatic rings. The second-order valence-corrected chi connectivity index (χ2v) is 13.5. The van der Waals surface area contributed by atoms with E-state index in [9.17, 15) is 5.11 Å². The molecule has 268 valence electrons. The van der Waals surface area contributed by atoms with Crippen LogP contribution in [-0.2, 0) is 51.9 Å². The van der Waals surface area contributed by atoms with E-state index in [0.29, 0.717) is 19.8 Å². The molecule has 0 radical (unpaired) electrons. The second-order valence-electron chi connectivity index (χ2n) is 12.6. The Hall–Kier alpha value is -4.51. The third-order valence-electron chi connectivity index (χ3n) is 8.70. The Balaban J connectivity index is 1.37. The maximum Gasteiger partial charge on any atom is 0.115 e. The molecular weight excluding hydrogens is 669 g/mol. The van der Waals surface area contributed by atoms with Gasteiger partial charge in [-0.1, -0.05) is 152 Å². The Morgan fingerprint density at radius 2 is 0.942 bits per heavy atom. The Labute approximate surface area is 310 Å². The van der Waals surface area contributed by atoms with Crippen molar-refractivity contribution in [2.24, 2.45) is 0 Å². The number of thiazole rings is 1. The minimum absolute atomic E-state index is 0.0321. The lowest BCUT2D eigenvalue weighted by Gasteiger charge is -2.39. The van der Waals surface area contributed by atoms with Crippen LogP contribution in [0.5, 0.6) is 0 Å². The molecule has 8 heteroatoms. The lowest BCUT2D eigenvalue weighted by atomic mass is 9.96. The van der Waals surface area contributed by atoms with Crippen LogP contribution in [0.4, 0.5) is 0 Å². The smallest absolute Gasteiger partial charge is 0.115 e. The summed E-state index contributed by atoms with van der Waals surface area (Å²) < 4.78 is 26.7. The van der Waals surface area contributed by atoms with Crippen LogP contribution in [-0.4, -0.2) is 41.1 Å². The first kappa shape index (κ1) is 37.3. The monoisotopic (exact) mass is 714 g/mol. The molecule has 0 bridgehead atoms. The van der Waals surface area contributed by atoms with E-state index in [1.54, 1.807) is 17.5 Å². The zero-order valence-electron chi connectivity index (χ0n) is 29.2. The largest absolute Gasteiger partial charge is 0.388 e. The number of hydrogen-bond donors (Lipinski definition) is 2. The molecule has 52 heavy (non-hydrogen) atoms. The average Bonchev–Trinajstić information content (AvgIpc) is 3.74. The van der Waals surface area contributed by atoms with Gasteiger partial charge in [0.15, 0.2) is 0 Å². The average molecular weight is 715 g/mol. The van der Waals surface area contributed by atoms with Gasteiger partial charge in [-0.05, 0) is 27.8 Å². The molecule has 0 saturated heterocycles. The number of aliphatic hydroxyl groups excluding tert-OH is 1. The quantitative estimate of drug-likeness (QED) is 0.0777. The molecule has 1 aromatic heterocycles. The number of aromatic nitrogens is 1. The second kappa shape index (κ2) is 20.5. The van der Waals surface area contributed by atoms with E-state index in [1.807, 2.05) is 145 Å². The summed E-state index contributed by atoms with van der Waals surface area (Å²) in [6.45, 7) is 1.81. The summed E-state index contributed by atoms with van der Waals surface area (Å²) >= 11 is 1.55. The number of hydrogen-bond acceptors (Lipinski definition) is 8. The van der Waals surface area contributed by atoms with E-state index in [2.05, 4.69) is 17.4 Å². The minimum Gasteiger partial charge on any atom is -0.388 e. The number of rotatable bonds is 21. The van der Waals surface area contributed by atoms with E-state index in [4.69, 9.17) is 23.9 Å². The van der Waals surface area contributed by atoms with Crippen molar-refractivity contribution in [1.82, 2.24) is 10.3 Å². The van der Waals surface area contributed by atoms with Gasteiger partial charge >= 0.3 is 0 Å². The van der Waals surface area contributed by atoms with Crippen molar-refractivity contribution in [1.29, 1.82) is 0 Å². The molecule has 5 aromatic carbocycles. The lowest BCUT2D eigenvalue weighted by molar-refractivity contribution is -0.193. The standard InChI is InChI=1S/C44H46N2O5S/c47-39(33-48-29-35-18-8-2-9-19-35)41(49-30-36-20-10-3-11-21-36)43(51-32-38-24-14-5-15-25-38)42(50-31-37-22-12-4-13-23-37)40(44-45-26-27-52-44)46-28-34-16-6-1-7-17-34/h1-27,39-43,46-47H,28-33H2/t39-,40+,41-,42-,43+/m1/s1. The number of nitrogens with one attached hydrogen (secondary N) is 1. The summed E-state index contributed by atoms with van der Waals surface area (Å²) in [6, 6.07) is 49.9. The van der Waals surface area contributed by atoms with Crippen LogP contribution in [0.15, 0.2) is 163 Å². The van der Waals surface area contributed by atoms with Gasteiger partial charge in [0.05, 0.1) is 39.1 Å². The summed E-state index contributed by atoms with van der Waals surface area (Å²) in [7, 11) is 0. The first-order chi connectivity index (χ1) is 25.7. The topological polar surface area (TPSA) is 82.1 Å². The SMILES string of the molecule is O[C@H](COCc1ccccc1)[C@@H](OCc1ccccc1)[C@H](OCc1ccccc1)[C@H](OCc1ccccc1)[C@H](NCc1ccccc1)c1nccs1. The molecule has 0 spiro atoms. The molecule has 0 unspecified atom stereocenters. The molecule has 0 aliphatic heterocycles. The molecule has 6 aromatic rings. The highest BCUT2D eigenvalue weighted by Crippen LogP contribution is 2.31. The van der Waals surface area contributed by atoms with Gasteiger partial charge in [0.1, 0.15) is 29.4 Å². The summed E-state index contributed by atoms with van der Waals surface area (Å²) in [5.74, 6) is 0. The molecule has 2 N–H and O–H groups in total. The highest BCUT2D eigenvalue weighted by Gasteiger charge is 2.42. The molecule has 6 rings (SSSR count). The molecule has 0 saturated carbocycles. The van der Waals surface area contributed by atoms with E-state index in [1.165, 1.54) is 0 Å². The zero-order valence-corrected chi connectivity index (χ0v) is 30.0. The van der Waals surface area contributed by atoms with Crippen LogP contribution in [0, 0.1) is 0 Å². The van der Waals surface area contributed by atoms with Gasteiger partial charge in [-0.25, -0.2) is 4.98 Å². The van der Waals surface area contributed by atoms with Crippen molar-refractivity contribution in [3.63, 3.8) is 0 Å². The van der Waals surface area contributed by atoms with Gasteiger partial charge in [0, 0.05) is 18.1 Å². The van der Waals surface area contributed by atoms with Crippen LogP contribution in [0.1, 0.15) is 38.9 Å². The lowest BCUT2D eigenvalue weighted by Crippen LogP contribution is -2.53. The molecule has 1 heterocycles. The van der Waals surface area contributed by atoms with Crippen molar-refractivity contribution in [2.45, 2.75) is 63.4 Å². The molecule has 0 fully saturated rings. The van der Waals surface area contributed by atoms with Crippen LogP contribution in [0.25, 0.3) is 0 Å². The van der Waals surface area contributed by atoms with Gasteiger partial charge in [0.2, 0.25) is 0 Å². The van der Waals surface area contributed by atoms with Crippen molar-refractivity contribution in [3.05, 3.63) is 196 Å². The Kier molecular flexibility index (Phi) is 14.7. The third-order valence-corrected chi connectivity index (χ3v) is 9.56. The van der Waals surface area contributed by atoms with E-state index in [-0.39, 0.29) is 19.8 Å². The fraction of sp³-hybridized carbons (Fsp3) is 0.250. The van der Waals surface area contributed by atoms with Crippen molar-refractivity contribution >= 4 is 11.3 Å². The van der Waals surface area contributed by atoms with Crippen molar-refractivity contribution in [3.8, 4) is 0 Å². The van der Waals surface area contributed by atoms with E-state index in [0.717, 1.165) is 32.8 Å². The van der Waals surface area contributed by atoms with Crippen LogP contribution in [0.3, 0.4) is 0 Å². The molecule has 5 atom stereocenters. The summed E-state index contributed by atoms with van der Waals surface area (Å²) in [5, 5.41) is 18.6. The number of nitrogens with zero attached hydrogens (tertiary/aromatic N) is 1. The Morgan fingerprint density at radius 3 is 1.40 bits per heavy atom. The van der Waals surface area contributed by atoms with Gasteiger partial charge in [-0.15, -0.1) is 11.3 Å². The van der Waals surface area contributed by atoms with Crippen molar-refractivity contribution < 1.29 is 24.1 Å². The maximum absolute atomic E-state index is 12.1. The Morgan fingerprint density at radius 1 is 0.519 bits per heavy atom. The van der Waals surface area contributed by atoms with Gasteiger partial charge < -0.3 is 29.4 Å². The maximum atomic E-state index is 12.1. The summed E-state index contributed by atoms with van der Waals surface area (Å²) in [5.41, 5.74) is 5.13. The minimum atomic E-state index is -1.05. The summed E-state index contributed by atoms with van der Waals surface area (Å²) in [6.07, 6.45) is -1.51. The predicted octanol–water partition coefficient (Wildman–Crippen LogP) is 8.31. The van der Waals surface area contributed by atoms with E-state index >= 15 is 0 Å². The van der Waals surface area contributed by atoms with Crippen LogP contribution >= 0.6 is 11.3 Å². The van der Waals surface area contributed by atoms with Crippen molar-refractivity contribution in [2.75, 3.05) is 6.61 Å². The fourth-order valence-corrected chi connectivity index (χ4v) is 6.75. The predicted molar refractivity (Wildman–Crippen MR) is 205 cm³/mol. The van der Waals surface area contributed by atoms with E-state index < -0.39 is 30.5 Å². The van der Waals surface area contributed by atoms with Crippen LogP contribution in [0.2, 0.25) is 0 Å². The zero-order chi connectivity index (χ0) is 35.6. The van der Waals surface area contributed by atoms with Gasteiger partial charge in [-0.3, -0.25) is 0 Å². The fourth-order valence-electron chi connectivity index (χ4n) is 6.00. The molecule has 0 aliphatic carbocycles. The summed E-state index contributed by atoms with van der Waals surface area (Å²) in [4.78, 5) is 4.78. The van der Waals surface area contributed by atoms with Gasteiger partial charge in [-0.2, -0.15) is 0 Å². The molecule has 0 amide bonds. The molecular formula is C44H46N2O5S. The number of aliphatic hydroxyl groups is 1.